The first-order chi connectivity index (χ1) is 13.1. The zero-order chi connectivity index (χ0) is 19.0. The first-order valence-corrected chi connectivity index (χ1v) is 10.3. The molecule has 1 aliphatic heterocycles. The molecule has 0 saturated carbocycles. The predicted molar refractivity (Wildman–Crippen MR) is 117 cm³/mol. The molecule has 3 aromatic rings. The minimum atomic E-state index is 0.124. The van der Waals surface area contributed by atoms with E-state index in [1.165, 1.54) is 11.3 Å². The van der Waals surface area contributed by atoms with Crippen LogP contribution in [0.4, 0.5) is 5.69 Å². The van der Waals surface area contributed by atoms with Crippen LogP contribution in [0, 0.1) is 3.95 Å². The molecule has 4 nitrogen and oxygen atoms in total. The molecule has 136 valence electrons. The predicted octanol–water partition coefficient (Wildman–Crippen LogP) is 6.39. The molecule has 0 unspecified atom stereocenters. The van der Waals surface area contributed by atoms with Gasteiger partial charge in [-0.3, -0.25) is 9.56 Å². The van der Waals surface area contributed by atoms with Gasteiger partial charge in [0.05, 0.1) is 22.9 Å². The average molecular weight is 459 g/mol. The smallest absolute Gasteiger partial charge is 0.215 e. The number of hydrogen-bond acceptors (Lipinski definition) is 5. The summed E-state index contributed by atoms with van der Waals surface area (Å²) in [7, 11) is 0. The molecule has 0 saturated heterocycles. The molecule has 0 fully saturated rings. The summed E-state index contributed by atoms with van der Waals surface area (Å²) in [5, 5.41) is 10.8. The molecule has 0 spiro atoms. The molecule has 0 bridgehead atoms. The van der Waals surface area contributed by atoms with Crippen molar-refractivity contribution in [3.8, 4) is 17.3 Å². The Balaban J connectivity index is 1.74. The van der Waals surface area contributed by atoms with E-state index in [0.717, 1.165) is 32.7 Å². The number of fused-ring (bicyclic) bond motifs is 1. The van der Waals surface area contributed by atoms with E-state index in [4.69, 9.17) is 17.0 Å². The molecule has 0 atom stereocenters. The third kappa shape index (κ3) is 3.50. The average Bonchev–Trinajstić information content (AvgIpc) is 3.17. The number of halogens is 1. The van der Waals surface area contributed by atoms with Gasteiger partial charge in [-0.25, -0.2) is 0 Å². The van der Waals surface area contributed by atoms with Crippen molar-refractivity contribution in [2.24, 2.45) is 4.99 Å². The number of benzene rings is 2. The zero-order valence-corrected chi connectivity index (χ0v) is 17.6. The highest BCUT2D eigenvalue weighted by Crippen LogP contribution is 2.38. The van der Waals surface area contributed by atoms with Crippen LogP contribution < -0.4 is 4.74 Å². The molecule has 2 aromatic carbocycles. The standard InChI is InChI=1S/C20H15BrN2O2S2/c1-2-25-15-6-4-14(5-7-15)23-19(24)18(27-20(23)26)9-12-11-22-17-8-3-13(21)10-16(12)17/h3-11,24H,2H2,1H3. The van der Waals surface area contributed by atoms with Crippen molar-refractivity contribution in [1.29, 1.82) is 0 Å². The van der Waals surface area contributed by atoms with Gasteiger partial charge in [0.1, 0.15) is 5.75 Å². The lowest BCUT2D eigenvalue weighted by atomic mass is 10.1. The number of hydrogen-bond donors (Lipinski definition) is 1. The van der Waals surface area contributed by atoms with Crippen LogP contribution in [0.1, 0.15) is 17.4 Å². The molecule has 7 heteroatoms. The van der Waals surface area contributed by atoms with Gasteiger partial charge in [-0.05, 0) is 67.7 Å². The summed E-state index contributed by atoms with van der Waals surface area (Å²) in [6.07, 6.45) is 3.73. The van der Waals surface area contributed by atoms with E-state index in [9.17, 15) is 5.11 Å². The van der Waals surface area contributed by atoms with Gasteiger partial charge in [0.15, 0.2) is 3.95 Å². The molecule has 1 aliphatic rings. The van der Waals surface area contributed by atoms with E-state index >= 15 is 0 Å². The summed E-state index contributed by atoms with van der Waals surface area (Å²) >= 11 is 10.3. The van der Waals surface area contributed by atoms with Crippen molar-refractivity contribution in [1.82, 2.24) is 4.57 Å². The van der Waals surface area contributed by atoms with Crippen molar-refractivity contribution >= 4 is 63.0 Å². The van der Waals surface area contributed by atoms with Crippen LogP contribution in [0.5, 0.6) is 11.6 Å². The van der Waals surface area contributed by atoms with E-state index in [1.807, 2.05) is 55.5 Å². The van der Waals surface area contributed by atoms with E-state index in [-0.39, 0.29) is 5.88 Å². The van der Waals surface area contributed by atoms with Crippen LogP contribution in [0.25, 0.3) is 17.3 Å². The molecule has 1 aromatic heterocycles. The third-order valence-electron chi connectivity index (χ3n) is 4.12. The lowest BCUT2D eigenvalue weighted by molar-refractivity contribution is 0.340. The van der Waals surface area contributed by atoms with Crippen LogP contribution in [0.2, 0.25) is 0 Å². The van der Waals surface area contributed by atoms with E-state index in [0.29, 0.717) is 15.4 Å². The Hall–Kier alpha value is -2.22. The Morgan fingerprint density at radius 2 is 2.04 bits per heavy atom. The van der Waals surface area contributed by atoms with Gasteiger partial charge in [0, 0.05) is 21.8 Å². The molecule has 27 heavy (non-hydrogen) atoms. The summed E-state index contributed by atoms with van der Waals surface area (Å²) in [4.78, 5) is 5.12. The Morgan fingerprint density at radius 3 is 2.78 bits per heavy atom. The van der Waals surface area contributed by atoms with Crippen LogP contribution in [-0.4, -0.2) is 22.5 Å². The highest BCUT2D eigenvalue weighted by atomic mass is 79.9. The maximum Gasteiger partial charge on any atom is 0.215 e. The monoisotopic (exact) mass is 458 g/mol. The molecule has 4 rings (SSSR count). The number of aromatic hydroxyl groups is 1. The van der Waals surface area contributed by atoms with Crippen molar-refractivity contribution in [3.05, 3.63) is 61.3 Å². The lowest BCUT2D eigenvalue weighted by Crippen LogP contribution is -1.95. The number of aromatic nitrogens is 1. The molecule has 0 amide bonds. The molecular weight excluding hydrogens is 444 g/mol. The van der Waals surface area contributed by atoms with Gasteiger partial charge >= 0.3 is 0 Å². The van der Waals surface area contributed by atoms with Crippen LogP contribution in [0.3, 0.4) is 0 Å². The van der Waals surface area contributed by atoms with E-state index in [2.05, 4.69) is 20.9 Å². The Kier molecular flexibility index (Phi) is 4.99. The second kappa shape index (κ2) is 7.42. The van der Waals surface area contributed by atoms with Crippen molar-refractivity contribution in [2.45, 2.75) is 6.92 Å². The minimum Gasteiger partial charge on any atom is -0.494 e. The first kappa shape index (κ1) is 18.2. The van der Waals surface area contributed by atoms with Crippen LogP contribution >= 0.6 is 39.5 Å². The van der Waals surface area contributed by atoms with E-state index < -0.39 is 0 Å². The summed E-state index contributed by atoms with van der Waals surface area (Å²) < 4.78 is 8.70. The maximum absolute atomic E-state index is 10.8. The quantitative estimate of drug-likeness (QED) is 0.460. The van der Waals surface area contributed by atoms with Gasteiger partial charge in [0.2, 0.25) is 5.88 Å². The topological polar surface area (TPSA) is 46.8 Å². The molecule has 2 heterocycles. The highest BCUT2D eigenvalue weighted by Gasteiger charge is 2.16. The lowest BCUT2D eigenvalue weighted by Gasteiger charge is -2.07. The minimum absolute atomic E-state index is 0.124. The largest absolute Gasteiger partial charge is 0.494 e. The fraction of sp³-hybridized carbons (Fsp3) is 0.100. The molecule has 0 radical (unpaired) electrons. The summed E-state index contributed by atoms with van der Waals surface area (Å²) in [5.41, 5.74) is 3.68. The second-order valence-corrected chi connectivity index (χ2v) is 8.43. The summed E-state index contributed by atoms with van der Waals surface area (Å²) in [6, 6.07) is 13.4. The molecule has 1 N–H and O–H groups in total. The normalized spacial score (nSPS) is 13.9. The number of thiazole rings is 1. The number of aliphatic imine (C=N–C) groups is 1. The molecule has 0 aliphatic carbocycles. The van der Waals surface area contributed by atoms with Crippen LogP contribution in [-0.2, 0) is 0 Å². The van der Waals surface area contributed by atoms with Gasteiger partial charge in [-0.15, -0.1) is 11.3 Å². The van der Waals surface area contributed by atoms with Gasteiger partial charge in [0.25, 0.3) is 0 Å². The fourth-order valence-corrected chi connectivity index (χ4v) is 4.54. The number of allylic oxidation sites excluding steroid dienone is 1. The first-order valence-electron chi connectivity index (χ1n) is 8.30. The summed E-state index contributed by atoms with van der Waals surface area (Å²) in [6.45, 7) is 2.55. The van der Waals surface area contributed by atoms with Gasteiger partial charge < -0.3 is 9.84 Å². The van der Waals surface area contributed by atoms with Crippen molar-refractivity contribution in [2.75, 3.05) is 6.61 Å². The Morgan fingerprint density at radius 1 is 1.26 bits per heavy atom. The van der Waals surface area contributed by atoms with Gasteiger partial charge in [-0.1, -0.05) is 15.9 Å². The van der Waals surface area contributed by atoms with Gasteiger partial charge in [-0.2, -0.15) is 0 Å². The molecular formula is C20H15BrN2O2S2. The Bertz CT molecular complexity index is 1130. The number of rotatable bonds is 4. The Labute approximate surface area is 174 Å². The number of ether oxygens (including phenoxy) is 1. The summed E-state index contributed by atoms with van der Waals surface area (Å²) in [5.74, 6) is 0.910. The van der Waals surface area contributed by atoms with Crippen molar-refractivity contribution < 1.29 is 9.84 Å². The van der Waals surface area contributed by atoms with E-state index in [1.54, 1.807) is 10.8 Å². The second-order valence-electron chi connectivity index (χ2n) is 5.84. The fourth-order valence-electron chi connectivity index (χ4n) is 2.88. The van der Waals surface area contributed by atoms with Crippen molar-refractivity contribution in [3.63, 3.8) is 0 Å². The van der Waals surface area contributed by atoms with Crippen LogP contribution in [0.15, 0.2) is 51.9 Å². The highest BCUT2D eigenvalue weighted by molar-refractivity contribution is 9.10. The SMILES string of the molecule is CCOc1ccc(-n2c(O)c(C=C3C=Nc4ccc(Br)cc43)sc2=S)cc1. The maximum atomic E-state index is 10.8. The third-order valence-corrected chi connectivity index (χ3v) is 5.92. The zero-order valence-electron chi connectivity index (χ0n) is 14.3. The number of nitrogens with zero attached hydrogens (tertiary/aromatic N) is 2.